The molecule has 5 heteroatoms. The Balaban J connectivity index is 1.58. The molecule has 2 amide bonds. The van der Waals surface area contributed by atoms with Gasteiger partial charge in [-0.2, -0.15) is 0 Å². The van der Waals surface area contributed by atoms with Crippen LogP contribution >= 0.6 is 0 Å². The van der Waals surface area contributed by atoms with E-state index in [-0.39, 0.29) is 23.8 Å². The second kappa shape index (κ2) is 5.99. The summed E-state index contributed by atoms with van der Waals surface area (Å²) >= 11 is 0. The lowest BCUT2D eigenvalue weighted by molar-refractivity contribution is -0.128. The molecule has 1 aromatic carbocycles. The lowest BCUT2D eigenvalue weighted by atomic mass is 10.1. The third-order valence-electron chi connectivity index (χ3n) is 4.62. The summed E-state index contributed by atoms with van der Waals surface area (Å²) in [6, 6.07) is 8.09. The fraction of sp³-hybridized carbons (Fsp3) is 0.529. The van der Waals surface area contributed by atoms with Gasteiger partial charge in [0.1, 0.15) is 5.75 Å². The number of rotatable bonds is 5. The van der Waals surface area contributed by atoms with Crippen LogP contribution in [0.3, 0.4) is 0 Å². The van der Waals surface area contributed by atoms with Crippen LogP contribution in [0.25, 0.3) is 0 Å². The zero-order valence-corrected chi connectivity index (χ0v) is 13.0. The summed E-state index contributed by atoms with van der Waals surface area (Å²) in [6.45, 7) is 3.17. The van der Waals surface area contributed by atoms with Crippen molar-refractivity contribution >= 4 is 11.8 Å². The second-order valence-electron chi connectivity index (χ2n) is 6.03. The van der Waals surface area contributed by atoms with Crippen LogP contribution in [-0.2, 0) is 9.59 Å². The lowest BCUT2D eigenvalue weighted by Gasteiger charge is -2.14. The summed E-state index contributed by atoms with van der Waals surface area (Å²) in [6.07, 6.45) is 1.27. The molecule has 1 aromatic rings. The zero-order chi connectivity index (χ0) is 15.7. The molecule has 1 N–H and O–H groups in total. The normalized spacial score (nSPS) is 26.9. The number of likely N-dealkylation sites (tertiary alicyclic amines) is 1. The summed E-state index contributed by atoms with van der Waals surface area (Å²) < 4.78 is 5.38. The zero-order valence-electron chi connectivity index (χ0n) is 13.0. The molecule has 22 heavy (non-hydrogen) atoms. The first-order chi connectivity index (χ1) is 10.6. The molecule has 2 aliphatic rings. The second-order valence-corrected chi connectivity index (χ2v) is 6.03. The van der Waals surface area contributed by atoms with Crippen LogP contribution in [0, 0.1) is 5.92 Å². The molecule has 1 heterocycles. The van der Waals surface area contributed by atoms with E-state index >= 15 is 0 Å². The van der Waals surface area contributed by atoms with Gasteiger partial charge in [0, 0.05) is 31.5 Å². The average Bonchev–Trinajstić information content (AvgIpc) is 3.19. The third-order valence-corrected chi connectivity index (χ3v) is 4.62. The van der Waals surface area contributed by atoms with Crippen molar-refractivity contribution in [1.82, 2.24) is 10.2 Å². The van der Waals surface area contributed by atoms with Gasteiger partial charge in [0.05, 0.1) is 13.0 Å². The minimum Gasteiger partial charge on any atom is -0.496 e. The summed E-state index contributed by atoms with van der Waals surface area (Å²) in [5, 5.41) is 3.09. The number of hydrogen-bond donors (Lipinski definition) is 1. The first kappa shape index (κ1) is 14.9. The predicted molar refractivity (Wildman–Crippen MR) is 82.6 cm³/mol. The Kier molecular flexibility index (Phi) is 4.05. The first-order valence-electron chi connectivity index (χ1n) is 7.85. The van der Waals surface area contributed by atoms with Crippen molar-refractivity contribution in [2.24, 2.45) is 5.92 Å². The van der Waals surface area contributed by atoms with E-state index in [1.165, 1.54) is 0 Å². The molecule has 118 valence electrons. The van der Waals surface area contributed by atoms with E-state index in [1.807, 2.05) is 31.2 Å². The van der Waals surface area contributed by atoms with Crippen LogP contribution in [0.4, 0.5) is 0 Å². The highest BCUT2D eigenvalue weighted by atomic mass is 16.5. The van der Waals surface area contributed by atoms with E-state index in [1.54, 1.807) is 12.0 Å². The highest BCUT2D eigenvalue weighted by Gasteiger charge is 2.43. The van der Waals surface area contributed by atoms with Gasteiger partial charge in [0.15, 0.2) is 0 Å². The van der Waals surface area contributed by atoms with Gasteiger partial charge >= 0.3 is 0 Å². The molecule has 0 radical (unpaired) electrons. The number of methoxy groups -OCH3 is 1. The molecule has 3 atom stereocenters. The van der Waals surface area contributed by atoms with E-state index in [0.717, 1.165) is 17.7 Å². The molecule has 1 saturated carbocycles. The van der Waals surface area contributed by atoms with Crippen LogP contribution in [0.15, 0.2) is 24.3 Å². The average molecular weight is 302 g/mol. The van der Waals surface area contributed by atoms with Gasteiger partial charge in [-0.25, -0.2) is 0 Å². The standard InChI is InChI=1S/C17H22N2O3/c1-3-19-10-11(8-16(19)20)17(21)18-14-9-13(14)12-6-4-5-7-15(12)22-2/h4-7,11,13-14H,3,8-10H2,1-2H3,(H,18,21)/t11-,13+,14+/m1/s1. The Morgan fingerprint density at radius 3 is 2.86 bits per heavy atom. The third kappa shape index (κ3) is 2.80. The fourth-order valence-corrected chi connectivity index (χ4v) is 3.22. The van der Waals surface area contributed by atoms with Crippen molar-refractivity contribution in [2.45, 2.75) is 31.7 Å². The predicted octanol–water partition coefficient (Wildman–Crippen LogP) is 1.54. The van der Waals surface area contributed by atoms with Crippen molar-refractivity contribution in [3.8, 4) is 5.75 Å². The van der Waals surface area contributed by atoms with Gasteiger partial charge in [-0.15, -0.1) is 0 Å². The number of hydrogen-bond acceptors (Lipinski definition) is 3. The number of carbonyl (C=O) groups excluding carboxylic acids is 2. The summed E-state index contributed by atoms with van der Waals surface area (Å²) in [7, 11) is 1.66. The maximum Gasteiger partial charge on any atom is 0.225 e. The highest BCUT2D eigenvalue weighted by molar-refractivity contribution is 5.89. The van der Waals surface area contributed by atoms with Gasteiger partial charge in [-0.1, -0.05) is 18.2 Å². The van der Waals surface area contributed by atoms with Gasteiger partial charge in [0.25, 0.3) is 0 Å². The van der Waals surface area contributed by atoms with Crippen molar-refractivity contribution in [3.05, 3.63) is 29.8 Å². The van der Waals surface area contributed by atoms with Crippen LogP contribution in [-0.4, -0.2) is 43.0 Å². The number of nitrogens with one attached hydrogen (secondary N) is 1. The molecule has 5 nitrogen and oxygen atoms in total. The quantitative estimate of drug-likeness (QED) is 0.897. The van der Waals surface area contributed by atoms with E-state index in [2.05, 4.69) is 5.32 Å². The van der Waals surface area contributed by atoms with Crippen LogP contribution in [0.5, 0.6) is 5.75 Å². The Morgan fingerprint density at radius 2 is 2.18 bits per heavy atom. The fourth-order valence-electron chi connectivity index (χ4n) is 3.22. The SMILES string of the molecule is CCN1C[C@H](C(=O)N[C@H]2C[C@H]2c2ccccc2OC)CC1=O. The van der Waals surface area contributed by atoms with Crippen LogP contribution in [0.1, 0.15) is 31.2 Å². The maximum atomic E-state index is 12.3. The molecule has 1 aliphatic heterocycles. The number of benzene rings is 1. The number of ether oxygens (including phenoxy) is 1. The van der Waals surface area contributed by atoms with Crippen molar-refractivity contribution in [1.29, 1.82) is 0 Å². The largest absolute Gasteiger partial charge is 0.496 e. The van der Waals surface area contributed by atoms with Crippen molar-refractivity contribution < 1.29 is 14.3 Å². The van der Waals surface area contributed by atoms with Crippen LogP contribution < -0.4 is 10.1 Å². The summed E-state index contributed by atoms with van der Waals surface area (Å²) in [5.41, 5.74) is 1.15. The van der Waals surface area contributed by atoms with Crippen molar-refractivity contribution in [3.63, 3.8) is 0 Å². The molecule has 0 unspecified atom stereocenters. The van der Waals surface area contributed by atoms with E-state index in [0.29, 0.717) is 25.4 Å². The Bertz CT molecular complexity index is 587. The number of amides is 2. The molecule has 0 bridgehead atoms. The Hall–Kier alpha value is -2.04. The number of para-hydroxylation sites is 1. The molecule has 1 saturated heterocycles. The first-order valence-corrected chi connectivity index (χ1v) is 7.85. The number of nitrogens with zero attached hydrogens (tertiary/aromatic N) is 1. The minimum atomic E-state index is -0.202. The molecule has 2 fully saturated rings. The highest BCUT2D eigenvalue weighted by Crippen LogP contribution is 2.44. The van der Waals surface area contributed by atoms with E-state index in [4.69, 9.17) is 4.74 Å². The van der Waals surface area contributed by atoms with E-state index < -0.39 is 0 Å². The van der Waals surface area contributed by atoms with Gasteiger partial charge < -0.3 is 15.0 Å². The summed E-state index contributed by atoms with van der Waals surface area (Å²) in [5.74, 6) is 1.08. The molecule has 3 rings (SSSR count). The minimum absolute atomic E-state index is 0.00620. The molecular weight excluding hydrogens is 280 g/mol. The summed E-state index contributed by atoms with van der Waals surface area (Å²) in [4.78, 5) is 25.8. The topological polar surface area (TPSA) is 58.6 Å². The Labute approximate surface area is 130 Å². The monoisotopic (exact) mass is 302 g/mol. The van der Waals surface area contributed by atoms with Gasteiger partial charge in [-0.3, -0.25) is 9.59 Å². The molecular formula is C17H22N2O3. The Morgan fingerprint density at radius 1 is 1.41 bits per heavy atom. The molecule has 0 aromatic heterocycles. The smallest absolute Gasteiger partial charge is 0.225 e. The van der Waals surface area contributed by atoms with E-state index in [9.17, 15) is 9.59 Å². The van der Waals surface area contributed by atoms with Gasteiger partial charge in [0.2, 0.25) is 11.8 Å². The molecule has 1 aliphatic carbocycles. The lowest BCUT2D eigenvalue weighted by Crippen LogP contribution is -2.34. The van der Waals surface area contributed by atoms with Crippen LogP contribution in [0.2, 0.25) is 0 Å². The maximum absolute atomic E-state index is 12.3. The molecule has 0 spiro atoms. The van der Waals surface area contributed by atoms with Gasteiger partial charge in [-0.05, 0) is 25.0 Å². The van der Waals surface area contributed by atoms with Crippen molar-refractivity contribution in [2.75, 3.05) is 20.2 Å². The number of carbonyl (C=O) groups is 2.